The summed E-state index contributed by atoms with van der Waals surface area (Å²) in [5, 5.41) is 8.53. The van der Waals surface area contributed by atoms with Crippen molar-refractivity contribution in [3.05, 3.63) is 12.2 Å². The average molecular weight is 229 g/mol. The van der Waals surface area contributed by atoms with Gasteiger partial charge in [0.05, 0.1) is 6.61 Å². The molecule has 0 aromatic heterocycles. The molecule has 0 saturated heterocycles. The van der Waals surface area contributed by atoms with Gasteiger partial charge in [-0.25, -0.2) is 4.79 Å². The topological polar surface area (TPSA) is 49.8 Å². The average Bonchev–Trinajstić information content (AvgIpc) is 2.26. The highest BCUT2D eigenvalue weighted by Crippen LogP contribution is 2.08. The SMILES string of the molecule is CCC(CC)N(CC=CC(=O)O)CCOC. The molecule has 0 fully saturated rings. The van der Waals surface area contributed by atoms with Crippen LogP contribution in [0.25, 0.3) is 0 Å². The van der Waals surface area contributed by atoms with Gasteiger partial charge in [0, 0.05) is 32.3 Å². The smallest absolute Gasteiger partial charge is 0.328 e. The number of hydrogen-bond donors (Lipinski definition) is 1. The Hall–Kier alpha value is -0.870. The fourth-order valence-electron chi connectivity index (χ4n) is 1.73. The monoisotopic (exact) mass is 229 g/mol. The maximum atomic E-state index is 10.4. The zero-order valence-electron chi connectivity index (χ0n) is 10.5. The molecule has 0 rings (SSSR count). The molecule has 0 saturated carbocycles. The molecule has 94 valence electrons. The van der Waals surface area contributed by atoms with Crippen LogP contribution in [0, 0.1) is 0 Å². The van der Waals surface area contributed by atoms with Crippen molar-refractivity contribution in [3.8, 4) is 0 Å². The lowest BCUT2D eigenvalue weighted by Crippen LogP contribution is -2.37. The van der Waals surface area contributed by atoms with Gasteiger partial charge in [-0.05, 0) is 12.8 Å². The Balaban J connectivity index is 4.23. The van der Waals surface area contributed by atoms with E-state index in [0.29, 0.717) is 19.2 Å². The molecule has 0 spiro atoms. The van der Waals surface area contributed by atoms with E-state index in [-0.39, 0.29) is 0 Å². The molecule has 0 amide bonds. The third-order valence-electron chi connectivity index (χ3n) is 2.64. The minimum absolute atomic E-state index is 0.494. The quantitative estimate of drug-likeness (QED) is 0.612. The normalized spacial score (nSPS) is 11.8. The fraction of sp³-hybridized carbons (Fsp3) is 0.750. The van der Waals surface area contributed by atoms with Gasteiger partial charge in [0.1, 0.15) is 0 Å². The Bertz CT molecular complexity index is 212. The van der Waals surface area contributed by atoms with Gasteiger partial charge in [-0.1, -0.05) is 19.9 Å². The van der Waals surface area contributed by atoms with Crippen LogP contribution in [-0.4, -0.2) is 48.8 Å². The highest BCUT2D eigenvalue weighted by Gasteiger charge is 2.12. The lowest BCUT2D eigenvalue weighted by atomic mass is 10.1. The van der Waals surface area contributed by atoms with E-state index >= 15 is 0 Å². The molecule has 0 atom stereocenters. The summed E-state index contributed by atoms with van der Waals surface area (Å²) in [5.41, 5.74) is 0. The van der Waals surface area contributed by atoms with Crippen molar-refractivity contribution in [2.45, 2.75) is 32.7 Å². The van der Waals surface area contributed by atoms with Gasteiger partial charge in [0.15, 0.2) is 0 Å². The summed E-state index contributed by atoms with van der Waals surface area (Å²) in [6.07, 6.45) is 5.03. The number of hydrogen-bond acceptors (Lipinski definition) is 3. The first-order valence-electron chi connectivity index (χ1n) is 5.78. The molecule has 0 aliphatic heterocycles. The first-order valence-corrected chi connectivity index (χ1v) is 5.78. The third-order valence-corrected chi connectivity index (χ3v) is 2.64. The first kappa shape index (κ1) is 15.1. The Morgan fingerprint density at radius 2 is 2.06 bits per heavy atom. The van der Waals surface area contributed by atoms with Crippen LogP contribution in [0.15, 0.2) is 12.2 Å². The predicted molar refractivity (Wildman–Crippen MR) is 64.6 cm³/mol. The summed E-state index contributed by atoms with van der Waals surface area (Å²) in [6, 6.07) is 0.494. The van der Waals surface area contributed by atoms with Crippen molar-refractivity contribution in [3.63, 3.8) is 0 Å². The van der Waals surface area contributed by atoms with Crippen LogP contribution in [-0.2, 0) is 9.53 Å². The molecule has 0 heterocycles. The number of carbonyl (C=O) groups is 1. The van der Waals surface area contributed by atoms with Crippen LogP contribution >= 0.6 is 0 Å². The highest BCUT2D eigenvalue weighted by molar-refractivity contribution is 5.79. The number of ether oxygens (including phenoxy) is 1. The largest absolute Gasteiger partial charge is 0.478 e. The second kappa shape index (κ2) is 9.36. The standard InChI is InChI=1S/C12H23NO3/c1-4-11(5-2)13(9-10-16-3)8-6-7-12(14)15/h6-7,11H,4-5,8-10H2,1-3H3,(H,14,15). The van der Waals surface area contributed by atoms with Crippen LogP contribution in [0.4, 0.5) is 0 Å². The van der Waals surface area contributed by atoms with Crippen molar-refractivity contribution in [2.75, 3.05) is 26.8 Å². The Labute approximate surface area is 97.9 Å². The number of carboxylic acid groups (broad SMARTS) is 1. The summed E-state index contributed by atoms with van der Waals surface area (Å²) in [7, 11) is 1.68. The van der Waals surface area contributed by atoms with Gasteiger partial charge < -0.3 is 9.84 Å². The van der Waals surface area contributed by atoms with Gasteiger partial charge in [-0.15, -0.1) is 0 Å². The molecular weight excluding hydrogens is 206 g/mol. The minimum atomic E-state index is -0.892. The summed E-state index contributed by atoms with van der Waals surface area (Å²) in [4.78, 5) is 12.6. The van der Waals surface area contributed by atoms with Gasteiger partial charge in [-0.2, -0.15) is 0 Å². The van der Waals surface area contributed by atoms with E-state index in [2.05, 4.69) is 18.7 Å². The highest BCUT2D eigenvalue weighted by atomic mass is 16.5. The van der Waals surface area contributed by atoms with E-state index in [1.807, 2.05) is 0 Å². The Morgan fingerprint density at radius 1 is 1.44 bits per heavy atom. The molecule has 0 aromatic rings. The van der Waals surface area contributed by atoms with E-state index in [1.54, 1.807) is 13.2 Å². The number of carboxylic acids is 1. The van der Waals surface area contributed by atoms with Crippen LogP contribution in [0.1, 0.15) is 26.7 Å². The Kier molecular flexibility index (Phi) is 8.85. The molecular formula is C12H23NO3. The van der Waals surface area contributed by atoms with Crippen molar-refractivity contribution >= 4 is 5.97 Å². The molecule has 0 aliphatic rings. The number of methoxy groups -OCH3 is 1. The molecule has 0 bridgehead atoms. The lowest BCUT2D eigenvalue weighted by molar-refractivity contribution is -0.131. The van der Waals surface area contributed by atoms with E-state index < -0.39 is 5.97 Å². The molecule has 0 aliphatic carbocycles. The maximum Gasteiger partial charge on any atom is 0.328 e. The summed E-state index contributed by atoms with van der Waals surface area (Å²) in [6.45, 7) is 6.48. The van der Waals surface area contributed by atoms with Gasteiger partial charge >= 0.3 is 5.97 Å². The molecule has 0 unspecified atom stereocenters. The summed E-state index contributed by atoms with van der Waals surface area (Å²) >= 11 is 0. The van der Waals surface area contributed by atoms with Crippen LogP contribution in [0.5, 0.6) is 0 Å². The molecule has 4 nitrogen and oxygen atoms in total. The summed E-state index contributed by atoms with van der Waals surface area (Å²) < 4.78 is 5.06. The van der Waals surface area contributed by atoms with E-state index in [9.17, 15) is 4.79 Å². The van der Waals surface area contributed by atoms with Crippen LogP contribution in [0.3, 0.4) is 0 Å². The first-order chi connectivity index (χ1) is 7.65. The fourth-order valence-corrected chi connectivity index (χ4v) is 1.73. The number of aliphatic carboxylic acids is 1. The predicted octanol–water partition coefficient (Wildman–Crippen LogP) is 1.76. The molecule has 4 heteroatoms. The van der Waals surface area contributed by atoms with Crippen molar-refractivity contribution < 1.29 is 14.6 Å². The van der Waals surface area contributed by atoms with Gasteiger partial charge in [0.2, 0.25) is 0 Å². The molecule has 16 heavy (non-hydrogen) atoms. The third kappa shape index (κ3) is 6.58. The summed E-state index contributed by atoms with van der Waals surface area (Å²) in [5.74, 6) is -0.892. The van der Waals surface area contributed by atoms with Crippen molar-refractivity contribution in [1.29, 1.82) is 0 Å². The van der Waals surface area contributed by atoms with E-state index in [0.717, 1.165) is 19.4 Å². The lowest BCUT2D eigenvalue weighted by Gasteiger charge is -2.28. The zero-order chi connectivity index (χ0) is 12.4. The zero-order valence-corrected chi connectivity index (χ0v) is 10.5. The second-order valence-corrected chi connectivity index (χ2v) is 3.70. The van der Waals surface area contributed by atoms with Gasteiger partial charge in [-0.3, -0.25) is 4.90 Å². The van der Waals surface area contributed by atoms with Crippen LogP contribution < -0.4 is 0 Å². The number of nitrogens with zero attached hydrogens (tertiary/aromatic N) is 1. The molecule has 0 radical (unpaired) electrons. The van der Waals surface area contributed by atoms with E-state index in [4.69, 9.17) is 9.84 Å². The van der Waals surface area contributed by atoms with Gasteiger partial charge in [0.25, 0.3) is 0 Å². The van der Waals surface area contributed by atoms with E-state index in [1.165, 1.54) is 6.08 Å². The Morgan fingerprint density at radius 3 is 2.50 bits per heavy atom. The second-order valence-electron chi connectivity index (χ2n) is 3.70. The maximum absolute atomic E-state index is 10.4. The van der Waals surface area contributed by atoms with Crippen LogP contribution in [0.2, 0.25) is 0 Å². The van der Waals surface area contributed by atoms with Crippen molar-refractivity contribution in [2.24, 2.45) is 0 Å². The number of rotatable bonds is 9. The minimum Gasteiger partial charge on any atom is -0.478 e. The molecule has 0 aromatic carbocycles. The van der Waals surface area contributed by atoms with Crippen molar-refractivity contribution in [1.82, 2.24) is 4.90 Å². The molecule has 1 N–H and O–H groups in total.